The number of likely N-dealkylation sites (N-methyl/N-ethyl adjacent to an activating group) is 1. The number of anilines is 4. The Kier molecular flexibility index (Phi) is 8.46. The van der Waals surface area contributed by atoms with Crippen LogP contribution < -0.4 is 26.6 Å². The molecule has 0 aliphatic heterocycles. The number of hydrogen-bond donors (Lipinski definition) is 4. The van der Waals surface area contributed by atoms with Crippen LogP contribution in [0.1, 0.15) is 20.8 Å². The Balaban J connectivity index is 2.00. The third-order valence-corrected chi connectivity index (χ3v) is 4.45. The number of nitrogen functional groups attached to an aromatic ring is 1. The van der Waals surface area contributed by atoms with E-state index in [-0.39, 0.29) is 23.7 Å². The Morgan fingerprint density at radius 3 is 2.25 bits per heavy atom. The first-order valence-electron chi connectivity index (χ1n) is 10.4. The van der Waals surface area contributed by atoms with Crippen molar-refractivity contribution in [3.63, 3.8) is 0 Å². The molecular formula is C23H32N6O3. The van der Waals surface area contributed by atoms with Crippen molar-refractivity contribution in [1.82, 2.24) is 5.32 Å². The number of hydrogen-bond acceptors (Lipinski definition) is 7. The predicted octanol–water partition coefficient (Wildman–Crippen LogP) is 3.61. The van der Waals surface area contributed by atoms with Gasteiger partial charge in [0, 0.05) is 25.7 Å². The van der Waals surface area contributed by atoms with E-state index in [1.54, 1.807) is 30.1 Å². The van der Waals surface area contributed by atoms with Gasteiger partial charge in [-0.2, -0.15) is 0 Å². The van der Waals surface area contributed by atoms with Gasteiger partial charge in [-0.1, -0.05) is 30.4 Å². The molecule has 9 heteroatoms. The molecule has 0 saturated carbocycles. The van der Waals surface area contributed by atoms with Gasteiger partial charge >= 0.3 is 5.69 Å². The fraction of sp³-hybridized carbons (Fsp3) is 0.348. The normalized spacial score (nSPS) is 11.2. The molecule has 0 unspecified atom stereocenters. The van der Waals surface area contributed by atoms with Gasteiger partial charge in [-0.3, -0.25) is 14.9 Å². The number of nitrogens with two attached hydrogens (primary N) is 1. The Labute approximate surface area is 188 Å². The van der Waals surface area contributed by atoms with Crippen molar-refractivity contribution in [3.05, 3.63) is 64.7 Å². The van der Waals surface area contributed by atoms with Crippen LogP contribution in [0.5, 0.6) is 0 Å². The van der Waals surface area contributed by atoms with Crippen molar-refractivity contribution in [2.45, 2.75) is 26.3 Å². The second kappa shape index (κ2) is 11.0. The minimum Gasteiger partial charge on any atom is -0.397 e. The topological polar surface area (TPSA) is 126 Å². The van der Waals surface area contributed by atoms with E-state index < -0.39 is 4.92 Å². The molecule has 0 spiro atoms. The Bertz CT molecular complexity index is 968. The first-order valence-corrected chi connectivity index (χ1v) is 10.4. The minimum absolute atomic E-state index is 0.00968. The van der Waals surface area contributed by atoms with Gasteiger partial charge in [0.2, 0.25) is 5.91 Å². The van der Waals surface area contributed by atoms with Crippen LogP contribution in [0, 0.1) is 10.1 Å². The Morgan fingerprint density at radius 1 is 1.06 bits per heavy atom. The summed E-state index contributed by atoms with van der Waals surface area (Å²) in [6.45, 7) is 6.64. The number of carbonyl (C=O) groups excluding carboxylic acids is 1. The van der Waals surface area contributed by atoms with Crippen molar-refractivity contribution in [2.24, 2.45) is 0 Å². The summed E-state index contributed by atoms with van der Waals surface area (Å²) in [5.41, 5.74) is 7.73. The third-order valence-electron chi connectivity index (χ3n) is 4.45. The number of carbonyl (C=O) groups is 1. The van der Waals surface area contributed by atoms with Gasteiger partial charge in [0.25, 0.3) is 0 Å². The molecule has 0 saturated heterocycles. The van der Waals surface area contributed by atoms with E-state index in [1.807, 2.05) is 57.2 Å². The summed E-state index contributed by atoms with van der Waals surface area (Å²) in [4.78, 5) is 25.2. The average molecular weight is 441 g/mol. The molecule has 0 radical (unpaired) electrons. The van der Waals surface area contributed by atoms with Gasteiger partial charge in [0.1, 0.15) is 11.4 Å². The van der Waals surface area contributed by atoms with E-state index in [0.717, 1.165) is 5.69 Å². The molecule has 1 amide bonds. The van der Waals surface area contributed by atoms with Crippen LogP contribution in [-0.2, 0) is 4.79 Å². The van der Waals surface area contributed by atoms with Crippen molar-refractivity contribution >= 4 is 34.3 Å². The third kappa shape index (κ3) is 7.50. The highest BCUT2D eigenvalue weighted by atomic mass is 16.6. The van der Waals surface area contributed by atoms with Gasteiger partial charge in [-0.05, 0) is 45.0 Å². The molecule has 0 fully saturated rings. The van der Waals surface area contributed by atoms with Crippen molar-refractivity contribution in [2.75, 3.05) is 47.9 Å². The van der Waals surface area contributed by atoms with Crippen molar-refractivity contribution < 1.29 is 9.72 Å². The lowest BCUT2D eigenvalue weighted by Crippen LogP contribution is -2.45. The molecule has 2 aromatic rings. The second-order valence-electron chi connectivity index (χ2n) is 8.41. The number of nitrogens with zero attached hydrogens (tertiary/aromatic N) is 2. The largest absolute Gasteiger partial charge is 0.397 e. The molecular weight excluding hydrogens is 408 g/mol. The molecule has 172 valence electrons. The molecule has 32 heavy (non-hydrogen) atoms. The van der Waals surface area contributed by atoms with E-state index in [0.29, 0.717) is 30.2 Å². The maximum atomic E-state index is 12.2. The summed E-state index contributed by atoms with van der Waals surface area (Å²) in [6, 6.07) is 12.5. The van der Waals surface area contributed by atoms with Gasteiger partial charge < -0.3 is 26.6 Å². The number of amides is 1. The highest BCUT2D eigenvalue weighted by molar-refractivity contribution is 5.85. The summed E-state index contributed by atoms with van der Waals surface area (Å²) < 4.78 is 0. The molecule has 0 aromatic heterocycles. The van der Waals surface area contributed by atoms with Crippen LogP contribution in [0.4, 0.5) is 28.4 Å². The molecule has 0 aliphatic carbocycles. The summed E-state index contributed by atoms with van der Waals surface area (Å²) in [6.07, 6.45) is 3.79. The highest BCUT2D eigenvalue weighted by Gasteiger charge is 2.24. The van der Waals surface area contributed by atoms with Crippen LogP contribution in [-0.4, -0.2) is 43.1 Å². The second-order valence-corrected chi connectivity index (χ2v) is 8.41. The maximum Gasteiger partial charge on any atom is 0.315 e. The average Bonchev–Trinajstić information content (AvgIpc) is 2.69. The quantitative estimate of drug-likeness (QED) is 0.192. The first-order chi connectivity index (χ1) is 15.1. The zero-order chi connectivity index (χ0) is 23.7. The lowest BCUT2D eigenvalue weighted by atomic mass is 10.1. The van der Waals surface area contributed by atoms with E-state index in [9.17, 15) is 14.9 Å². The van der Waals surface area contributed by atoms with Crippen LogP contribution in [0.25, 0.3) is 0 Å². The zero-order valence-electron chi connectivity index (χ0n) is 19.0. The monoisotopic (exact) mass is 440 g/mol. The number of para-hydroxylation sites is 3. The van der Waals surface area contributed by atoms with E-state index >= 15 is 0 Å². The van der Waals surface area contributed by atoms with Crippen LogP contribution in [0.3, 0.4) is 0 Å². The molecule has 5 N–H and O–H groups in total. The highest BCUT2D eigenvalue weighted by Crippen LogP contribution is 2.34. The summed E-state index contributed by atoms with van der Waals surface area (Å²) in [5.74, 6) is -0.206. The van der Waals surface area contributed by atoms with Crippen molar-refractivity contribution in [1.29, 1.82) is 0 Å². The van der Waals surface area contributed by atoms with Crippen molar-refractivity contribution in [3.8, 4) is 0 Å². The summed E-state index contributed by atoms with van der Waals surface area (Å²) in [5, 5.41) is 20.9. The molecule has 0 heterocycles. The molecule has 0 aliphatic rings. The number of nitrogens with one attached hydrogen (secondary N) is 3. The fourth-order valence-electron chi connectivity index (χ4n) is 3.09. The lowest BCUT2D eigenvalue weighted by Gasteiger charge is -2.24. The van der Waals surface area contributed by atoms with Crippen LogP contribution >= 0.6 is 0 Å². The Hall–Kier alpha value is -3.75. The molecule has 0 bridgehead atoms. The van der Waals surface area contributed by atoms with Crippen LogP contribution in [0.2, 0.25) is 0 Å². The molecule has 9 nitrogen and oxygen atoms in total. The van der Waals surface area contributed by atoms with E-state index in [4.69, 9.17) is 5.73 Å². The number of nitro groups is 1. The minimum atomic E-state index is -0.431. The maximum absolute atomic E-state index is 12.2. The molecule has 2 rings (SSSR count). The number of nitro benzene ring substituents is 1. The SMILES string of the molecule is CN(CC(=O)NC(C)(C)C)c1cccc(NC/C=C/CNc2ccccc2N)c1[N+](=O)[O-]. The summed E-state index contributed by atoms with van der Waals surface area (Å²) >= 11 is 0. The van der Waals surface area contributed by atoms with Crippen LogP contribution in [0.15, 0.2) is 54.6 Å². The first kappa shape index (κ1) is 24.5. The smallest absolute Gasteiger partial charge is 0.315 e. The van der Waals surface area contributed by atoms with Gasteiger partial charge in [-0.25, -0.2) is 0 Å². The van der Waals surface area contributed by atoms with Gasteiger partial charge in [-0.15, -0.1) is 0 Å². The summed E-state index contributed by atoms with van der Waals surface area (Å²) in [7, 11) is 1.66. The zero-order valence-corrected chi connectivity index (χ0v) is 19.0. The molecule has 0 atom stereocenters. The van der Waals surface area contributed by atoms with E-state index in [2.05, 4.69) is 16.0 Å². The van der Waals surface area contributed by atoms with E-state index in [1.165, 1.54) is 0 Å². The van der Waals surface area contributed by atoms with Gasteiger partial charge in [0.15, 0.2) is 0 Å². The predicted molar refractivity (Wildman–Crippen MR) is 131 cm³/mol. The number of rotatable bonds is 10. The number of benzene rings is 2. The molecule has 2 aromatic carbocycles. The standard InChI is InChI=1S/C23H32N6O3/c1-23(2,3)27-21(30)16-28(4)20-13-9-12-19(22(20)29(31)32)26-15-8-7-14-25-18-11-6-5-10-17(18)24/h5-13,25-26H,14-16,24H2,1-4H3,(H,27,30)/b8-7+. The fourth-order valence-corrected chi connectivity index (χ4v) is 3.09. The lowest BCUT2D eigenvalue weighted by molar-refractivity contribution is -0.383. The van der Waals surface area contributed by atoms with Gasteiger partial charge in [0.05, 0.1) is 22.8 Å². The Morgan fingerprint density at radius 2 is 1.66 bits per heavy atom.